The van der Waals surface area contributed by atoms with Gasteiger partial charge in [-0.05, 0) is 50.2 Å². The van der Waals surface area contributed by atoms with E-state index in [0.29, 0.717) is 11.5 Å². The maximum Gasteiger partial charge on any atom is 0.133 e. The number of aryl methyl sites for hydroxylation is 1. The van der Waals surface area contributed by atoms with Gasteiger partial charge in [0.2, 0.25) is 0 Å². The smallest absolute Gasteiger partial charge is 0.133 e. The normalized spacial score (nSPS) is 10.3. The molecule has 1 aromatic heterocycles. The fourth-order valence-electron chi connectivity index (χ4n) is 2.03. The summed E-state index contributed by atoms with van der Waals surface area (Å²) in [6, 6.07) is 10.0. The van der Waals surface area contributed by atoms with Crippen molar-refractivity contribution in [3.8, 4) is 0 Å². The summed E-state index contributed by atoms with van der Waals surface area (Å²) in [7, 11) is 0. The number of aromatic nitrogens is 1. The average Bonchev–Trinajstić information content (AvgIpc) is 2.41. The molecule has 3 nitrogen and oxygen atoms in total. The highest BCUT2D eigenvalue weighted by molar-refractivity contribution is 7.80. The van der Waals surface area contributed by atoms with Gasteiger partial charge in [-0.1, -0.05) is 12.2 Å². The predicted octanol–water partition coefficient (Wildman–Crippen LogP) is 3.32. The zero-order valence-corrected chi connectivity index (χ0v) is 12.2. The monoisotopic (exact) mass is 289 g/mol. The topological polar surface area (TPSA) is 42.1 Å². The van der Waals surface area contributed by atoms with Gasteiger partial charge < -0.3 is 10.6 Å². The second-order valence-electron chi connectivity index (χ2n) is 4.44. The van der Waals surface area contributed by atoms with E-state index >= 15 is 0 Å². The third-order valence-electron chi connectivity index (χ3n) is 2.96. The Morgan fingerprint density at radius 1 is 1.30 bits per heavy atom. The molecule has 0 spiro atoms. The average molecular weight is 289 g/mol. The summed E-state index contributed by atoms with van der Waals surface area (Å²) in [6.07, 6.45) is 0. The van der Waals surface area contributed by atoms with Crippen molar-refractivity contribution >= 4 is 28.7 Å². The van der Waals surface area contributed by atoms with E-state index < -0.39 is 0 Å². The van der Waals surface area contributed by atoms with Gasteiger partial charge in [0.15, 0.2) is 0 Å². The van der Waals surface area contributed by atoms with Crippen molar-refractivity contribution in [2.75, 3.05) is 11.4 Å². The number of halogens is 1. The van der Waals surface area contributed by atoms with Crippen LogP contribution in [0.5, 0.6) is 0 Å². The SMILES string of the molecule is CCN(c1ccc(F)cc1)c1cc(C(N)=S)cc(C)n1. The van der Waals surface area contributed by atoms with E-state index in [-0.39, 0.29) is 5.82 Å². The van der Waals surface area contributed by atoms with Crippen LogP contribution >= 0.6 is 12.2 Å². The van der Waals surface area contributed by atoms with E-state index in [4.69, 9.17) is 18.0 Å². The maximum absolute atomic E-state index is 13.0. The van der Waals surface area contributed by atoms with Crippen LogP contribution in [0, 0.1) is 12.7 Å². The molecule has 0 saturated carbocycles. The van der Waals surface area contributed by atoms with Crippen molar-refractivity contribution in [3.05, 3.63) is 53.5 Å². The summed E-state index contributed by atoms with van der Waals surface area (Å²) in [4.78, 5) is 6.82. The maximum atomic E-state index is 13.0. The van der Waals surface area contributed by atoms with Gasteiger partial charge in [0, 0.05) is 23.5 Å². The molecular weight excluding hydrogens is 273 g/mol. The Hall–Kier alpha value is -2.01. The predicted molar refractivity (Wildman–Crippen MR) is 83.9 cm³/mol. The van der Waals surface area contributed by atoms with Crippen molar-refractivity contribution in [3.63, 3.8) is 0 Å². The van der Waals surface area contributed by atoms with E-state index in [1.165, 1.54) is 12.1 Å². The highest BCUT2D eigenvalue weighted by Gasteiger charge is 2.11. The Balaban J connectivity index is 2.46. The largest absolute Gasteiger partial charge is 0.389 e. The van der Waals surface area contributed by atoms with Crippen LogP contribution in [0.2, 0.25) is 0 Å². The fraction of sp³-hybridized carbons (Fsp3) is 0.200. The number of nitrogens with zero attached hydrogens (tertiary/aromatic N) is 2. The van der Waals surface area contributed by atoms with Gasteiger partial charge in [-0.15, -0.1) is 0 Å². The van der Waals surface area contributed by atoms with Crippen LogP contribution in [0.25, 0.3) is 0 Å². The van der Waals surface area contributed by atoms with E-state index in [0.717, 1.165) is 22.8 Å². The van der Waals surface area contributed by atoms with Crippen molar-refractivity contribution in [1.82, 2.24) is 4.98 Å². The summed E-state index contributed by atoms with van der Waals surface area (Å²) in [6.45, 7) is 4.61. The van der Waals surface area contributed by atoms with Crippen molar-refractivity contribution in [2.24, 2.45) is 5.73 Å². The summed E-state index contributed by atoms with van der Waals surface area (Å²) in [5, 5.41) is 0. The van der Waals surface area contributed by atoms with Crippen molar-refractivity contribution in [2.45, 2.75) is 13.8 Å². The van der Waals surface area contributed by atoms with Crippen LogP contribution in [0.4, 0.5) is 15.9 Å². The molecule has 104 valence electrons. The quantitative estimate of drug-likeness (QED) is 0.877. The summed E-state index contributed by atoms with van der Waals surface area (Å²) in [5.41, 5.74) is 8.18. The van der Waals surface area contributed by atoms with Crippen LogP contribution in [-0.4, -0.2) is 16.5 Å². The minimum atomic E-state index is -0.258. The zero-order valence-electron chi connectivity index (χ0n) is 11.4. The molecule has 2 aromatic rings. The van der Waals surface area contributed by atoms with Crippen LogP contribution in [0.1, 0.15) is 18.2 Å². The van der Waals surface area contributed by atoms with Gasteiger partial charge in [0.25, 0.3) is 0 Å². The molecule has 0 aliphatic rings. The number of nitrogens with two attached hydrogens (primary N) is 1. The lowest BCUT2D eigenvalue weighted by Gasteiger charge is -2.23. The molecule has 0 bridgehead atoms. The van der Waals surface area contributed by atoms with Gasteiger partial charge in [0.1, 0.15) is 16.6 Å². The van der Waals surface area contributed by atoms with Crippen molar-refractivity contribution < 1.29 is 4.39 Å². The number of thiocarbonyl (C=S) groups is 1. The minimum Gasteiger partial charge on any atom is -0.389 e. The van der Waals surface area contributed by atoms with E-state index in [2.05, 4.69) is 4.98 Å². The Bertz CT molecular complexity index is 626. The molecule has 0 atom stereocenters. The van der Waals surface area contributed by atoms with Crippen LogP contribution in [-0.2, 0) is 0 Å². The highest BCUT2D eigenvalue weighted by atomic mass is 32.1. The third-order valence-corrected chi connectivity index (χ3v) is 3.19. The molecule has 5 heteroatoms. The van der Waals surface area contributed by atoms with E-state index in [1.54, 1.807) is 12.1 Å². The molecule has 20 heavy (non-hydrogen) atoms. The second kappa shape index (κ2) is 5.96. The molecule has 1 heterocycles. The molecule has 0 aliphatic heterocycles. The molecule has 2 N–H and O–H groups in total. The van der Waals surface area contributed by atoms with Crippen LogP contribution < -0.4 is 10.6 Å². The number of rotatable bonds is 4. The lowest BCUT2D eigenvalue weighted by atomic mass is 10.2. The van der Waals surface area contributed by atoms with Gasteiger partial charge >= 0.3 is 0 Å². The first kappa shape index (κ1) is 14.4. The Morgan fingerprint density at radius 3 is 2.50 bits per heavy atom. The molecule has 0 unspecified atom stereocenters. The molecule has 0 amide bonds. The number of pyridine rings is 1. The van der Waals surface area contributed by atoms with Crippen LogP contribution in [0.3, 0.4) is 0 Å². The first-order valence-corrected chi connectivity index (χ1v) is 6.73. The number of hydrogen-bond donors (Lipinski definition) is 1. The van der Waals surface area contributed by atoms with E-state index in [1.807, 2.05) is 30.9 Å². The first-order chi connectivity index (χ1) is 9.51. The van der Waals surface area contributed by atoms with Gasteiger partial charge in [-0.3, -0.25) is 0 Å². The van der Waals surface area contributed by atoms with Crippen LogP contribution in [0.15, 0.2) is 36.4 Å². The molecule has 0 fully saturated rings. The fourth-order valence-corrected chi connectivity index (χ4v) is 2.15. The van der Waals surface area contributed by atoms with Gasteiger partial charge in [0.05, 0.1) is 0 Å². The molecule has 0 saturated heterocycles. The molecule has 0 radical (unpaired) electrons. The summed E-state index contributed by atoms with van der Waals surface area (Å²) >= 11 is 5.02. The molecular formula is C15H16FN3S. The zero-order chi connectivity index (χ0) is 14.7. The van der Waals surface area contributed by atoms with Crippen molar-refractivity contribution in [1.29, 1.82) is 0 Å². The number of anilines is 2. The molecule has 1 aromatic carbocycles. The standard InChI is InChI=1S/C15H16FN3S/c1-3-19(13-6-4-12(16)5-7-13)14-9-11(15(17)20)8-10(2)18-14/h4-9H,3H2,1-2H3,(H2,17,20). The van der Waals surface area contributed by atoms with Gasteiger partial charge in [-0.25, -0.2) is 9.37 Å². The second-order valence-corrected chi connectivity index (χ2v) is 4.88. The molecule has 0 aliphatic carbocycles. The summed E-state index contributed by atoms with van der Waals surface area (Å²) in [5.74, 6) is 0.493. The number of benzene rings is 1. The Labute approximate surface area is 123 Å². The van der Waals surface area contributed by atoms with Gasteiger partial charge in [-0.2, -0.15) is 0 Å². The lowest BCUT2D eigenvalue weighted by Crippen LogP contribution is -2.19. The molecule has 2 rings (SSSR count). The Kier molecular flexibility index (Phi) is 4.29. The Morgan fingerprint density at radius 2 is 1.95 bits per heavy atom. The third kappa shape index (κ3) is 3.11. The number of hydrogen-bond acceptors (Lipinski definition) is 3. The summed E-state index contributed by atoms with van der Waals surface area (Å²) < 4.78 is 13.0. The highest BCUT2D eigenvalue weighted by Crippen LogP contribution is 2.24. The minimum absolute atomic E-state index is 0.258. The lowest BCUT2D eigenvalue weighted by molar-refractivity contribution is 0.628. The first-order valence-electron chi connectivity index (χ1n) is 6.33. The van der Waals surface area contributed by atoms with E-state index in [9.17, 15) is 4.39 Å².